The molecule has 0 radical (unpaired) electrons. The zero-order valence-electron chi connectivity index (χ0n) is 9.34. The molecule has 1 heterocycles. The van der Waals surface area contributed by atoms with E-state index in [2.05, 4.69) is 15.9 Å². The van der Waals surface area contributed by atoms with E-state index in [1.807, 2.05) is 6.92 Å². The molecule has 1 aliphatic heterocycles. The predicted octanol–water partition coefficient (Wildman–Crippen LogP) is 3.21. The van der Waals surface area contributed by atoms with Crippen molar-refractivity contribution in [3.05, 3.63) is 33.8 Å². The average Bonchev–Trinajstić information content (AvgIpc) is 2.63. The summed E-state index contributed by atoms with van der Waals surface area (Å²) in [5.41, 5.74) is -0.456. The molecule has 0 aliphatic carbocycles. The molecule has 0 bridgehead atoms. The zero-order chi connectivity index (χ0) is 12.6. The third kappa shape index (κ3) is 2.49. The zero-order valence-corrected chi connectivity index (χ0v) is 10.9. The lowest BCUT2D eigenvalue weighted by atomic mass is 10.1. The number of amides is 1. The van der Waals surface area contributed by atoms with Crippen LogP contribution in [-0.4, -0.2) is 23.9 Å². The Balaban J connectivity index is 2.31. The van der Waals surface area contributed by atoms with Crippen molar-refractivity contribution in [1.29, 1.82) is 0 Å². The molecule has 17 heavy (non-hydrogen) atoms. The van der Waals surface area contributed by atoms with Gasteiger partial charge in [-0.25, -0.2) is 8.78 Å². The van der Waals surface area contributed by atoms with Gasteiger partial charge in [0.15, 0.2) is 0 Å². The molecule has 1 aliphatic rings. The molecular weight excluding hydrogens is 292 g/mol. The van der Waals surface area contributed by atoms with E-state index in [4.69, 9.17) is 0 Å². The second-order valence-electron chi connectivity index (χ2n) is 4.39. The van der Waals surface area contributed by atoms with Crippen molar-refractivity contribution in [1.82, 2.24) is 4.90 Å². The van der Waals surface area contributed by atoms with E-state index in [0.717, 1.165) is 18.6 Å². The number of rotatable bonds is 1. The van der Waals surface area contributed by atoms with Crippen LogP contribution in [0, 0.1) is 17.6 Å². The van der Waals surface area contributed by atoms with Crippen LogP contribution in [0.15, 0.2) is 16.6 Å². The largest absolute Gasteiger partial charge is 0.338 e. The van der Waals surface area contributed by atoms with Crippen LogP contribution in [-0.2, 0) is 0 Å². The summed E-state index contributed by atoms with van der Waals surface area (Å²) in [7, 11) is 0. The number of carbonyl (C=O) groups excluding carboxylic acids is 1. The summed E-state index contributed by atoms with van der Waals surface area (Å²) in [5, 5.41) is 0. The van der Waals surface area contributed by atoms with Crippen molar-refractivity contribution in [2.75, 3.05) is 13.1 Å². The Morgan fingerprint density at radius 1 is 1.41 bits per heavy atom. The molecule has 1 unspecified atom stereocenters. The fourth-order valence-corrected chi connectivity index (χ4v) is 2.43. The molecule has 2 rings (SSSR count). The van der Waals surface area contributed by atoms with Gasteiger partial charge in [0.05, 0.1) is 0 Å². The Kier molecular flexibility index (Phi) is 3.47. The second kappa shape index (κ2) is 4.72. The smallest absolute Gasteiger partial charge is 0.259 e. The minimum atomic E-state index is -0.818. The topological polar surface area (TPSA) is 20.3 Å². The number of hydrogen-bond acceptors (Lipinski definition) is 1. The number of benzene rings is 1. The summed E-state index contributed by atoms with van der Waals surface area (Å²) in [4.78, 5) is 13.5. The van der Waals surface area contributed by atoms with Gasteiger partial charge >= 0.3 is 0 Å². The number of likely N-dealkylation sites (tertiary alicyclic amines) is 1. The van der Waals surface area contributed by atoms with Crippen LogP contribution in [0.2, 0.25) is 0 Å². The van der Waals surface area contributed by atoms with Crippen LogP contribution in [0.25, 0.3) is 0 Å². The van der Waals surface area contributed by atoms with E-state index in [1.165, 1.54) is 4.90 Å². The third-order valence-corrected chi connectivity index (χ3v) is 3.39. The summed E-state index contributed by atoms with van der Waals surface area (Å²) in [5.74, 6) is -1.81. The summed E-state index contributed by atoms with van der Waals surface area (Å²) in [6.45, 7) is 3.14. The van der Waals surface area contributed by atoms with Crippen molar-refractivity contribution in [2.45, 2.75) is 13.3 Å². The van der Waals surface area contributed by atoms with Gasteiger partial charge in [0.2, 0.25) is 0 Å². The molecule has 92 valence electrons. The molecule has 0 aromatic heterocycles. The first-order valence-corrected chi connectivity index (χ1v) is 6.22. The van der Waals surface area contributed by atoms with Crippen LogP contribution < -0.4 is 0 Å². The minimum Gasteiger partial charge on any atom is -0.338 e. The Morgan fingerprint density at radius 2 is 2.00 bits per heavy atom. The molecule has 0 saturated carbocycles. The first kappa shape index (κ1) is 12.5. The van der Waals surface area contributed by atoms with Gasteiger partial charge in [-0.15, -0.1) is 0 Å². The fraction of sp³-hybridized carbons (Fsp3) is 0.417. The lowest BCUT2D eigenvalue weighted by Gasteiger charge is -2.16. The Morgan fingerprint density at radius 3 is 2.47 bits per heavy atom. The second-order valence-corrected chi connectivity index (χ2v) is 5.31. The van der Waals surface area contributed by atoms with Gasteiger partial charge in [0.25, 0.3) is 5.91 Å². The molecular formula is C12H12BrF2NO. The molecule has 1 aromatic carbocycles. The van der Waals surface area contributed by atoms with Gasteiger partial charge in [-0.05, 0) is 24.5 Å². The maximum Gasteiger partial charge on any atom is 0.259 e. The van der Waals surface area contributed by atoms with Gasteiger partial charge < -0.3 is 4.90 Å². The summed E-state index contributed by atoms with van der Waals surface area (Å²) in [6.07, 6.45) is 0.880. The van der Waals surface area contributed by atoms with Crippen molar-refractivity contribution in [3.8, 4) is 0 Å². The highest BCUT2D eigenvalue weighted by molar-refractivity contribution is 9.10. The van der Waals surface area contributed by atoms with Gasteiger partial charge in [0, 0.05) is 17.6 Å². The van der Waals surface area contributed by atoms with Gasteiger partial charge in [0.1, 0.15) is 17.2 Å². The first-order chi connectivity index (χ1) is 7.99. The van der Waals surface area contributed by atoms with Crippen molar-refractivity contribution >= 4 is 21.8 Å². The van der Waals surface area contributed by atoms with Crippen molar-refractivity contribution in [3.63, 3.8) is 0 Å². The van der Waals surface area contributed by atoms with Crippen LogP contribution in [0.1, 0.15) is 23.7 Å². The van der Waals surface area contributed by atoms with Gasteiger partial charge in [-0.1, -0.05) is 22.9 Å². The summed E-state index contributed by atoms with van der Waals surface area (Å²) < 4.78 is 27.5. The predicted molar refractivity (Wildman–Crippen MR) is 63.7 cm³/mol. The fourth-order valence-electron chi connectivity index (χ4n) is 2.02. The molecule has 5 heteroatoms. The van der Waals surface area contributed by atoms with Crippen LogP contribution in [0.5, 0.6) is 0 Å². The van der Waals surface area contributed by atoms with E-state index in [9.17, 15) is 13.6 Å². The van der Waals surface area contributed by atoms with Gasteiger partial charge in [-0.2, -0.15) is 0 Å². The SMILES string of the molecule is CC1CCN(C(=O)c2c(F)cc(Br)cc2F)C1. The maximum absolute atomic E-state index is 13.6. The summed E-state index contributed by atoms with van der Waals surface area (Å²) >= 11 is 2.98. The third-order valence-electron chi connectivity index (χ3n) is 2.93. The van der Waals surface area contributed by atoms with E-state index in [0.29, 0.717) is 23.5 Å². The van der Waals surface area contributed by atoms with Crippen molar-refractivity contribution < 1.29 is 13.6 Å². The highest BCUT2D eigenvalue weighted by Crippen LogP contribution is 2.23. The molecule has 0 spiro atoms. The standard InChI is InChI=1S/C12H12BrF2NO/c1-7-2-3-16(6-7)12(17)11-9(14)4-8(13)5-10(11)15/h4-5,7H,2-3,6H2,1H3. The molecule has 1 saturated heterocycles. The number of nitrogens with zero attached hydrogens (tertiary/aromatic N) is 1. The molecule has 1 atom stereocenters. The summed E-state index contributed by atoms with van der Waals surface area (Å²) in [6, 6.07) is 2.21. The highest BCUT2D eigenvalue weighted by atomic mass is 79.9. The van der Waals surface area contributed by atoms with E-state index in [-0.39, 0.29) is 0 Å². The number of carbonyl (C=O) groups is 1. The molecule has 1 aromatic rings. The van der Waals surface area contributed by atoms with Crippen LogP contribution in [0.4, 0.5) is 8.78 Å². The van der Waals surface area contributed by atoms with E-state index < -0.39 is 23.1 Å². The van der Waals surface area contributed by atoms with Crippen LogP contribution in [0.3, 0.4) is 0 Å². The number of halogens is 3. The van der Waals surface area contributed by atoms with Crippen LogP contribution >= 0.6 is 15.9 Å². The lowest BCUT2D eigenvalue weighted by Crippen LogP contribution is -2.30. The highest BCUT2D eigenvalue weighted by Gasteiger charge is 2.28. The minimum absolute atomic E-state index is 0.291. The Bertz CT molecular complexity index is 441. The quantitative estimate of drug-likeness (QED) is 0.780. The monoisotopic (exact) mass is 303 g/mol. The average molecular weight is 304 g/mol. The van der Waals surface area contributed by atoms with E-state index in [1.54, 1.807) is 0 Å². The Labute approximate surface area is 107 Å². The molecule has 2 nitrogen and oxygen atoms in total. The first-order valence-electron chi connectivity index (χ1n) is 5.43. The molecule has 1 amide bonds. The molecule has 0 N–H and O–H groups in total. The maximum atomic E-state index is 13.6. The van der Waals surface area contributed by atoms with Crippen molar-refractivity contribution in [2.24, 2.45) is 5.92 Å². The normalized spacial score (nSPS) is 19.8. The van der Waals surface area contributed by atoms with E-state index >= 15 is 0 Å². The molecule has 1 fully saturated rings. The Hall–Kier alpha value is -0.970. The van der Waals surface area contributed by atoms with Gasteiger partial charge in [-0.3, -0.25) is 4.79 Å². The number of hydrogen-bond donors (Lipinski definition) is 0. The lowest BCUT2D eigenvalue weighted by molar-refractivity contribution is 0.0778.